The van der Waals surface area contributed by atoms with Crippen LogP contribution in [-0.4, -0.2) is 37.3 Å². The van der Waals surface area contributed by atoms with Crippen LogP contribution in [0.3, 0.4) is 0 Å². The molecule has 7 heteroatoms. The molecule has 1 fully saturated rings. The van der Waals surface area contributed by atoms with Crippen LogP contribution in [0, 0.1) is 5.92 Å². The van der Waals surface area contributed by atoms with E-state index in [9.17, 15) is 4.57 Å². The molecular formula is C17H31O6P. The normalized spacial score (nSPS) is 32.0. The molecule has 140 valence electrons. The van der Waals surface area contributed by atoms with Crippen molar-refractivity contribution in [2.45, 2.75) is 78.0 Å². The van der Waals surface area contributed by atoms with Crippen molar-refractivity contribution < 1.29 is 27.6 Å². The molecule has 0 bridgehead atoms. The number of phosphoric ester groups is 1. The number of fused-ring (bicyclic) bond motifs is 1. The predicted octanol–water partition coefficient (Wildman–Crippen LogP) is 4.45. The van der Waals surface area contributed by atoms with Crippen LogP contribution < -0.4 is 0 Å². The number of hydrogen-bond donors (Lipinski definition) is 0. The first-order chi connectivity index (χ1) is 11.3. The van der Waals surface area contributed by atoms with Gasteiger partial charge in [-0.3, -0.25) is 13.6 Å². The van der Waals surface area contributed by atoms with Gasteiger partial charge in [-0.2, -0.15) is 0 Å². The van der Waals surface area contributed by atoms with Crippen molar-refractivity contribution in [3.05, 3.63) is 12.2 Å². The number of ether oxygens (including phenoxy) is 2. The van der Waals surface area contributed by atoms with Gasteiger partial charge in [0.15, 0.2) is 5.79 Å². The van der Waals surface area contributed by atoms with E-state index in [1.165, 1.54) is 0 Å². The molecule has 2 rings (SSSR count). The number of hydrogen-bond acceptors (Lipinski definition) is 6. The molecule has 6 nitrogen and oxygen atoms in total. The van der Waals surface area contributed by atoms with Gasteiger partial charge in [0.25, 0.3) is 0 Å². The van der Waals surface area contributed by atoms with E-state index in [0.717, 1.165) is 19.3 Å². The Bertz CT molecular complexity index is 468. The van der Waals surface area contributed by atoms with Crippen molar-refractivity contribution in [3.63, 3.8) is 0 Å². The number of phosphoric acid groups is 1. The Morgan fingerprint density at radius 1 is 1.08 bits per heavy atom. The Morgan fingerprint density at radius 2 is 1.75 bits per heavy atom. The highest BCUT2D eigenvalue weighted by Crippen LogP contribution is 2.54. The lowest BCUT2D eigenvalue weighted by Crippen LogP contribution is -2.43. The fourth-order valence-corrected chi connectivity index (χ4v) is 4.63. The standard InChI is InChI=1S/C17H31O6P/c1-6-9-10-13-11-12-14-16(22-17(4,5)21-14)15(13)23-24(18,19-7-2)20-8-3/h11-16H,6-10H2,1-5H3/t13-,14+,15+,16+/m1/s1. The molecule has 0 saturated carbocycles. The van der Waals surface area contributed by atoms with Crippen molar-refractivity contribution >= 4 is 7.82 Å². The lowest BCUT2D eigenvalue weighted by molar-refractivity contribution is -0.154. The minimum absolute atomic E-state index is 0.0953. The monoisotopic (exact) mass is 362 g/mol. The Morgan fingerprint density at radius 3 is 2.33 bits per heavy atom. The van der Waals surface area contributed by atoms with Gasteiger partial charge in [0.05, 0.1) is 13.2 Å². The van der Waals surface area contributed by atoms with Gasteiger partial charge >= 0.3 is 7.82 Å². The van der Waals surface area contributed by atoms with Crippen LogP contribution in [0.15, 0.2) is 12.2 Å². The number of unbranched alkanes of at least 4 members (excludes halogenated alkanes) is 1. The van der Waals surface area contributed by atoms with Crippen LogP contribution in [0.1, 0.15) is 53.9 Å². The van der Waals surface area contributed by atoms with Gasteiger partial charge in [-0.1, -0.05) is 31.9 Å². The van der Waals surface area contributed by atoms with E-state index in [2.05, 4.69) is 13.0 Å². The molecule has 0 aromatic rings. The van der Waals surface area contributed by atoms with Crippen molar-refractivity contribution in [2.75, 3.05) is 13.2 Å². The fourth-order valence-electron chi connectivity index (χ4n) is 3.23. The Labute approximate surface area is 145 Å². The summed E-state index contributed by atoms with van der Waals surface area (Å²) >= 11 is 0. The molecule has 1 aliphatic carbocycles. The summed E-state index contributed by atoms with van der Waals surface area (Å²) in [7, 11) is -3.62. The second kappa shape index (κ2) is 8.43. The summed E-state index contributed by atoms with van der Waals surface area (Å²) in [6.45, 7) is 9.96. The highest BCUT2D eigenvalue weighted by atomic mass is 31.2. The zero-order valence-corrected chi connectivity index (χ0v) is 16.3. The summed E-state index contributed by atoms with van der Waals surface area (Å²) in [6.07, 6.45) is 6.26. The van der Waals surface area contributed by atoms with Crippen molar-refractivity contribution in [1.29, 1.82) is 0 Å². The Hall–Kier alpha value is -0.230. The minimum Gasteiger partial charge on any atom is -0.341 e. The maximum absolute atomic E-state index is 12.9. The highest BCUT2D eigenvalue weighted by Gasteiger charge is 2.50. The topological polar surface area (TPSA) is 63.2 Å². The first-order valence-electron chi connectivity index (χ1n) is 8.95. The van der Waals surface area contributed by atoms with E-state index >= 15 is 0 Å². The molecule has 0 radical (unpaired) electrons. The van der Waals surface area contributed by atoms with Crippen LogP contribution in [0.5, 0.6) is 0 Å². The summed E-state index contributed by atoms with van der Waals surface area (Å²) in [6, 6.07) is 0. The van der Waals surface area contributed by atoms with Crippen LogP contribution >= 0.6 is 7.82 Å². The molecule has 0 N–H and O–H groups in total. The van der Waals surface area contributed by atoms with Crippen LogP contribution in [-0.2, 0) is 27.6 Å². The highest BCUT2D eigenvalue weighted by molar-refractivity contribution is 7.48. The number of rotatable bonds is 9. The molecule has 0 amide bonds. The van der Waals surface area contributed by atoms with Crippen molar-refractivity contribution in [2.24, 2.45) is 5.92 Å². The van der Waals surface area contributed by atoms with E-state index in [0.29, 0.717) is 0 Å². The molecule has 1 heterocycles. The van der Waals surface area contributed by atoms with Crippen molar-refractivity contribution in [3.8, 4) is 0 Å². The smallest absolute Gasteiger partial charge is 0.341 e. The molecule has 24 heavy (non-hydrogen) atoms. The van der Waals surface area contributed by atoms with Gasteiger partial charge in [0.1, 0.15) is 18.3 Å². The maximum Gasteiger partial charge on any atom is 0.475 e. The van der Waals surface area contributed by atoms with Gasteiger partial charge in [0.2, 0.25) is 0 Å². The lowest BCUT2D eigenvalue weighted by atomic mass is 9.85. The Kier molecular flexibility index (Phi) is 7.06. The molecule has 2 aliphatic rings. The van der Waals surface area contributed by atoms with E-state index in [4.69, 9.17) is 23.0 Å². The van der Waals surface area contributed by atoms with Gasteiger partial charge < -0.3 is 9.47 Å². The summed E-state index contributed by atoms with van der Waals surface area (Å²) < 4.78 is 41.4. The van der Waals surface area contributed by atoms with Gasteiger partial charge in [-0.15, -0.1) is 0 Å². The third-order valence-electron chi connectivity index (χ3n) is 4.17. The van der Waals surface area contributed by atoms with Crippen LogP contribution in [0.4, 0.5) is 0 Å². The van der Waals surface area contributed by atoms with Gasteiger partial charge in [0, 0.05) is 5.92 Å². The third kappa shape index (κ3) is 4.90. The molecular weight excluding hydrogens is 331 g/mol. The average Bonchev–Trinajstić information content (AvgIpc) is 2.81. The second-order valence-corrected chi connectivity index (χ2v) is 8.23. The predicted molar refractivity (Wildman–Crippen MR) is 91.7 cm³/mol. The maximum atomic E-state index is 12.9. The molecule has 1 saturated heterocycles. The fraction of sp³-hybridized carbons (Fsp3) is 0.882. The molecule has 0 unspecified atom stereocenters. The van der Waals surface area contributed by atoms with E-state index < -0.39 is 19.7 Å². The van der Waals surface area contributed by atoms with Crippen molar-refractivity contribution in [1.82, 2.24) is 0 Å². The first kappa shape index (κ1) is 20.1. The molecule has 0 spiro atoms. The molecule has 0 aromatic heterocycles. The molecule has 1 aliphatic heterocycles. The largest absolute Gasteiger partial charge is 0.475 e. The third-order valence-corrected chi connectivity index (χ3v) is 5.82. The van der Waals surface area contributed by atoms with E-state index in [-0.39, 0.29) is 31.3 Å². The molecule has 4 atom stereocenters. The summed E-state index contributed by atoms with van der Waals surface area (Å²) in [5.41, 5.74) is 0. The van der Waals surface area contributed by atoms with E-state index in [1.807, 2.05) is 19.9 Å². The van der Waals surface area contributed by atoms with Gasteiger partial charge in [-0.25, -0.2) is 4.57 Å². The average molecular weight is 362 g/mol. The summed E-state index contributed by atoms with van der Waals surface area (Å²) in [4.78, 5) is 0. The molecule has 0 aromatic carbocycles. The SMILES string of the molecule is CCCC[C@@H]1C=C[C@@H]2OC(C)(C)O[C@@H]2[C@H]1OP(=O)(OCC)OCC. The first-order valence-corrected chi connectivity index (χ1v) is 10.4. The zero-order chi connectivity index (χ0) is 17.8. The van der Waals surface area contributed by atoms with E-state index in [1.54, 1.807) is 13.8 Å². The summed E-state index contributed by atoms with van der Waals surface area (Å²) in [5, 5.41) is 0. The van der Waals surface area contributed by atoms with Gasteiger partial charge in [-0.05, 0) is 34.1 Å². The second-order valence-electron chi connectivity index (χ2n) is 6.61. The quantitative estimate of drug-likeness (QED) is 0.446. The summed E-state index contributed by atoms with van der Waals surface area (Å²) in [5.74, 6) is -0.597. The van der Waals surface area contributed by atoms with Crippen LogP contribution in [0.25, 0.3) is 0 Å². The lowest BCUT2D eigenvalue weighted by Gasteiger charge is -2.35. The Balaban J connectivity index is 2.22. The zero-order valence-electron chi connectivity index (χ0n) is 15.4. The minimum atomic E-state index is -3.62. The van der Waals surface area contributed by atoms with Crippen LogP contribution in [0.2, 0.25) is 0 Å².